The standard InChI is InChI=1S/C16H21F3N2O2/c1-4-11-8-13(20)12-7-10(16(17,18)19)5-6-14(12)21(11)15(22)23-9(2)3/h5-7,9,11,13H,4,8,20H2,1-3H3. The lowest BCUT2D eigenvalue weighted by Gasteiger charge is -2.39. The fourth-order valence-electron chi connectivity index (χ4n) is 2.82. The van der Waals surface area contributed by atoms with Crippen LogP contribution >= 0.6 is 0 Å². The molecule has 0 aromatic heterocycles. The highest BCUT2D eigenvalue weighted by atomic mass is 19.4. The van der Waals surface area contributed by atoms with Crippen molar-refractivity contribution in [3.8, 4) is 0 Å². The maximum Gasteiger partial charge on any atom is 0.416 e. The van der Waals surface area contributed by atoms with Crippen LogP contribution in [0.15, 0.2) is 18.2 Å². The summed E-state index contributed by atoms with van der Waals surface area (Å²) in [6.45, 7) is 5.35. The van der Waals surface area contributed by atoms with E-state index >= 15 is 0 Å². The maximum absolute atomic E-state index is 12.9. The Balaban J connectivity index is 2.48. The van der Waals surface area contributed by atoms with Gasteiger partial charge >= 0.3 is 12.3 Å². The van der Waals surface area contributed by atoms with Crippen LogP contribution in [0.2, 0.25) is 0 Å². The minimum Gasteiger partial charge on any atom is -0.446 e. The van der Waals surface area contributed by atoms with Gasteiger partial charge in [-0.25, -0.2) is 4.79 Å². The first-order chi connectivity index (χ1) is 10.6. The van der Waals surface area contributed by atoms with E-state index < -0.39 is 23.9 Å². The molecule has 0 aliphatic carbocycles. The first kappa shape index (κ1) is 17.6. The summed E-state index contributed by atoms with van der Waals surface area (Å²) in [4.78, 5) is 13.8. The van der Waals surface area contributed by atoms with Crippen LogP contribution < -0.4 is 10.6 Å². The number of carbonyl (C=O) groups excluding carboxylic acids is 1. The molecule has 1 aromatic rings. The van der Waals surface area contributed by atoms with E-state index in [1.54, 1.807) is 13.8 Å². The summed E-state index contributed by atoms with van der Waals surface area (Å²) in [6.07, 6.45) is -4.27. The van der Waals surface area contributed by atoms with Crippen LogP contribution in [0.1, 0.15) is 50.8 Å². The molecule has 2 unspecified atom stereocenters. The number of carbonyl (C=O) groups is 1. The highest BCUT2D eigenvalue weighted by Gasteiger charge is 2.38. The molecule has 0 spiro atoms. The van der Waals surface area contributed by atoms with Crippen molar-refractivity contribution in [1.29, 1.82) is 0 Å². The quantitative estimate of drug-likeness (QED) is 0.882. The number of nitrogens with zero attached hydrogens (tertiary/aromatic N) is 1. The van der Waals surface area contributed by atoms with E-state index in [0.29, 0.717) is 24.1 Å². The Bertz CT molecular complexity index is 587. The fourth-order valence-corrected chi connectivity index (χ4v) is 2.82. The number of hydrogen-bond acceptors (Lipinski definition) is 3. The van der Waals surface area contributed by atoms with Gasteiger partial charge in [-0.15, -0.1) is 0 Å². The Morgan fingerprint density at radius 2 is 2.09 bits per heavy atom. The number of nitrogens with two attached hydrogens (primary N) is 1. The third kappa shape index (κ3) is 3.60. The molecule has 1 heterocycles. The number of amides is 1. The van der Waals surface area contributed by atoms with Crippen LogP contribution in [0.25, 0.3) is 0 Å². The first-order valence-electron chi connectivity index (χ1n) is 7.61. The Labute approximate surface area is 133 Å². The highest BCUT2D eigenvalue weighted by molar-refractivity contribution is 5.90. The van der Waals surface area contributed by atoms with Gasteiger partial charge < -0.3 is 10.5 Å². The highest BCUT2D eigenvalue weighted by Crippen LogP contribution is 2.41. The van der Waals surface area contributed by atoms with Crippen molar-refractivity contribution in [1.82, 2.24) is 0 Å². The molecule has 1 aromatic carbocycles. The summed E-state index contributed by atoms with van der Waals surface area (Å²) in [5.74, 6) is 0. The molecular weight excluding hydrogens is 309 g/mol. The fraction of sp³-hybridized carbons (Fsp3) is 0.562. The van der Waals surface area contributed by atoms with E-state index in [2.05, 4.69) is 0 Å². The molecule has 4 nitrogen and oxygen atoms in total. The molecule has 7 heteroatoms. The number of anilines is 1. The van der Waals surface area contributed by atoms with E-state index in [0.717, 1.165) is 12.1 Å². The maximum atomic E-state index is 12.9. The van der Waals surface area contributed by atoms with E-state index in [1.807, 2.05) is 6.92 Å². The summed E-state index contributed by atoms with van der Waals surface area (Å²) in [5.41, 5.74) is 6.00. The van der Waals surface area contributed by atoms with Gasteiger partial charge in [-0.2, -0.15) is 13.2 Å². The second-order valence-corrected chi connectivity index (χ2v) is 5.98. The second-order valence-electron chi connectivity index (χ2n) is 5.98. The average molecular weight is 330 g/mol. The Morgan fingerprint density at radius 1 is 1.43 bits per heavy atom. The lowest BCUT2D eigenvalue weighted by molar-refractivity contribution is -0.137. The number of halogens is 3. The molecule has 0 saturated heterocycles. The summed E-state index contributed by atoms with van der Waals surface area (Å²) < 4.78 is 44.0. The molecule has 1 aliphatic rings. The Hall–Kier alpha value is -1.76. The van der Waals surface area contributed by atoms with Crippen molar-refractivity contribution in [3.05, 3.63) is 29.3 Å². The number of alkyl halides is 3. The zero-order valence-corrected chi connectivity index (χ0v) is 13.4. The molecule has 0 bridgehead atoms. The van der Waals surface area contributed by atoms with Crippen molar-refractivity contribution in [2.45, 2.75) is 58.0 Å². The third-order valence-corrected chi connectivity index (χ3v) is 3.91. The van der Waals surface area contributed by atoms with Gasteiger partial charge in [0.15, 0.2) is 0 Å². The van der Waals surface area contributed by atoms with Gasteiger partial charge in [0.2, 0.25) is 0 Å². The van der Waals surface area contributed by atoms with Crippen LogP contribution in [0.3, 0.4) is 0 Å². The van der Waals surface area contributed by atoms with Crippen LogP contribution in [0, 0.1) is 0 Å². The molecule has 128 valence electrons. The monoisotopic (exact) mass is 330 g/mol. The zero-order valence-electron chi connectivity index (χ0n) is 13.4. The minimum absolute atomic E-state index is 0.194. The molecule has 1 aliphatic heterocycles. The minimum atomic E-state index is -4.44. The molecule has 0 saturated carbocycles. The smallest absolute Gasteiger partial charge is 0.416 e. The molecule has 1 amide bonds. The molecular formula is C16H21F3N2O2. The number of fused-ring (bicyclic) bond motifs is 1. The molecule has 2 N–H and O–H groups in total. The first-order valence-corrected chi connectivity index (χ1v) is 7.61. The molecule has 23 heavy (non-hydrogen) atoms. The van der Waals surface area contributed by atoms with Crippen molar-refractivity contribution in [2.75, 3.05) is 4.90 Å². The topological polar surface area (TPSA) is 55.6 Å². The summed E-state index contributed by atoms with van der Waals surface area (Å²) >= 11 is 0. The van der Waals surface area contributed by atoms with Gasteiger partial charge in [0, 0.05) is 12.1 Å². The lowest BCUT2D eigenvalue weighted by Crippen LogP contribution is -2.46. The molecule has 2 atom stereocenters. The number of ether oxygens (including phenoxy) is 1. The van der Waals surface area contributed by atoms with Crippen molar-refractivity contribution >= 4 is 11.8 Å². The van der Waals surface area contributed by atoms with Crippen LogP contribution in [-0.2, 0) is 10.9 Å². The predicted octanol–water partition coefficient (Wildman–Crippen LogP) is 4.24. The van der Waals surface area contributed by atoms with E-state index in [4.69, 9.17) is 10.5 Å². The number of rotatable bonds is 2. The van der Waals surface area contributed by atoms with Gasteiger partial charge in [0.05, 0.1) is 17.4 Å². The summed E-state index contributed by atoms with van der Waals surface area (Å²) in [6, 6.07) is 2.57. The number of hydrogen-bond donors (Lipinski definition) is 1. The zero-order chi connectivity index (χ0) is 17.4. The largest absolute Gasteiger partial charge is 0.446 e. The molecule has 0 radical (unpaired) electrons. The molecule has 0 fully saturated rings. The van der Waals surface area contributed by atoms with Gasteiger partial charge in [-0.3, -0.25) is 4.90 Å². The van der Waals surface area contributed by atoms with Crippen LogP contribution in [-0.4, -0.2) is 18.2 Å². The van der Waals surface area contributed by atoms with Crippen molar-refractivity contribution < 1.29 is 22.7 Å². The van der Waals surface area contributed by atoms with Crippen molar-refractivity contribution in [2.24, 2.45) is 5.73 Å². The third-order valence-electron chi connectivity index (χ3n) is 3.91. The number of benzene rings is 1. The van der Waals surface area contributed by atoms with Gasteiger partial charge in [0.25, 0.3) is 0 Å². The Morgan fingerprint density at radius 3 is 2.61 bits per heavy atom. The van der Waals surface area contributed by atoms with Crippen molar-refractivity contribution in [3.63, 3.8) is 0 Å². The van der Waals surface area contributed by atoms with E-state index in [9.17, 15) is 18.0 Å². The van der Waals surface area contributed by atoms with E-state index in [-0.39, 0.29) is 12.1 Å². The van der Waals surface area contributed by atoms with Crippen LogP contribution in [0.5, 0.6) is 0 Å². The Kier molecular flexibility index (Phi) is 4.89. The average Bonchev–Trinajstić information content (AvgIpc) is 2.44. The predicted molar refractivity (Wildman–Crippen MR) is 81.2 cm³/mol. The summed E-state index contributed by atoms with van der Waals surface area (Å²) in [7, 11) is 0. The second kappa shape index (κ2) is 6.39. The van der Waals surface area contributed by atoms with Gasteiger partial charge in [-0.1, -0.05) is 6.92 Å². The van der Waals surface area contributed by atoms with Crippen LogP contribution in [0.4, 0.5) is 23.7 Å². The van der Waals surface area contributed by atoms with Gasteiger partial charge in [-0.05, 0) is 50.5 Å². The summed E-state index contributed by atoms with van der Waals surface area (Å²) in [5, 5.41) is 0. The normalized spacial score (nSPS) is 21.3. The van der Waals surface area contributed by atoms with Gasteiger partial charge in [0.1, 0.15) is 0 Å². The van der Waals surface area contributed by atoms with E-state index in [1.165, 1.54) is 11.0 Å². The lowest BCUT2D eigenvalue weighted by atomic mass is 9.89. The molecule has 2 rings (SSSR count). The SMILES string of the molecule is CCC1CC(N)c2cc(C(F)(F)F)ccc2N1C(=O)OC(C)C.